The highest BCUT2D eigenvalue weighted by Crippen LogP contribution is 2.27. The summed E-state index contributed by atoms with van der Waals surface area (Å²) in [6, 6.07) is 1.02. The first kappa shape index (κ1) is 10.5. The highest BCUT2D eigenvalue weighted by atomic mass is 79.9. The lowest BCUT2D eigenvalue weighted by molar-refractivity contribution is 0.149. The smallest absolute Gasteiger partial charge is 0.225 e. The summed E-state index contributed by atoms with van der Waals surface area (Å²) in [4.78, 5) is 3.34. The minimum Gasteiger partial charge on any atom is -0.225 e. The molecule has 0 atom stereocenters. The van der Waals surface area contributed by atoms with Crippen LogP contribution in [0.3, 0.4) is 0 Å². The molecular weight excluding hydrogens is 247 g/mol. The van der Waals surface area contributed by atoms with Crippen molar-refractivity contribution in [3.63, 3.8) is 0 Å². The summed E-state index contributed by atoms with van der Waals surface area (Å²) in [5.74, 6) is -0.726. The fourth-order valence-electron chi connectivity index (χ4n) is 1.12. The lowest BCUT2D eigenvalue weighted by Gasteiger charge is -2.08. The molecule has 1 heterocycles. The maximum atomic E-state index is 12.7. The second-order valence-corrected chi connectivity index (χ2v) is 3.10. The number of aromatic nitrogens is 1. The molecule has 13 heavy (non-hydrogen) atoms. The van der Waals surface area contributed by atoms with Gasteiger partial charge in [0, 0.05) is 16.6 Å². The predicted octanol–water partition coefficient (Wildman–Crippen LogP) is 3.36. The summed E-state index contributed by atoms with van der Waals surface area (Å²) in [6.07, 6.45) is -2.61. The van der Waals surface area contributed by atoms with Crippen LogP contribution in [0.5, 0.6) is 0 Å². The number of nitrogens with zero attached hydrogens (tertiary/aromatic N) is 1. The maximum absolute atomic E-state index is 12.7. The molecule has 1 rings (SSSR count). The quantitative estimate of drug-likeness (QED) is 0.582. The average molecular weight is 254 g/mol. The number of halogens is 4. The molecule has 72 valence electrons. The van der Waals surface area contributed by atoms with Gasteiger partial charge in [-0.1, -0.05) is 15.9 Å². The molecule has 1 nitrogen and oxygen atoms in total. The van der Waals surface area contributed by atoms with Crippen molar-refractivity contribution in [1.29, 1.82) is 0 Å². The number of hydrogen-bond donors (Lipinski definition) is 0. The van der Waals surface area contributed by atoms with E-state index in [0.717, 1.165) is 6.07 Å². The van der Waals surface area contributed by atoms with Crippen LogP contribution in [0.15, 0.2) is 6.07 Å². The van der Waals surface area contributed by atoms with Gasteiger partial charge in [-0.05, 0) is 18.6 Å². The van der Waals surface area contributed by atoms with Crippen LogP contribution in [0.2, 0.25) is 0 Å². The van der Waals surface area contributed by atoms with Crippen molar-refractivity contribution in [1.82, 2.24) is 4.98 Å². The Labute approximate surface area is 82.1 Å². The number of pyridine rings is 1. The highest BCUT2D eigenvalue weighted by Gasteiger charge is 2.17. The molecule has 0 saturated carbocycles. The van der Waals surface area contributed by atoms with Crippen molar-refractivity contribution in [2.45, 2.75) is 18.7 Å². The van der Waals surface area contributed by atoms with Crippen molar-refractivity contribution < 1.29 is 13.2 Å². The zero-order valence-electron chi connectivity index (χ0n) is 6.82. The van der Waals surface area contributed by atoms with Gasteiger partial charge in [-0.3, -0.25) is 0 Å². The van der Waals surface area contributed by atoms with E-state index in [9.17, 15) is 13.2 Å². The van der Waals surface area contributed by atoms with E-state index in [2.05, 4.69) is 20.9 Å². The van der Waals surface area contributed by atoms with E-state index in [1.54, 1.807) is 0 Å². The molecule has 0 saturated heterocycles. The van der Waals surface area contributed by atoms with Gasteiger partial charge in [0.15, 0.2) is 0 Å². The number of aryl methyl sites for hydroxylation is 1. The number of alkyl halides is 3. The Hall–Kier alpha value is -0.580. The Morgan fingerprint density at radius 2 is 2.15 bits per heavy atom. The minimum absolute atomic E-state index is 0.0458. The second-order valence-electron chi connectivity index (χ2n) is 2.54. The van der Waals surface area contributed by atoms with Crippen LogP contribution in [0, 0.1) is 12.9 Å². The molecule has 0 fully saturated rings. The lowest BCUT2D eigenvalue weighted by Crippen LogP contribution is -2.01. The van der Waals surface area contributed by atoms with Gasteiger partial charge in [0.25, 0.3) is 6.43 Å². The molecule has 0 aliphatic carbocycles. The molecule has 0 N–H and O–H groups in total. The van der Waals surface area contributed by atoms with Gasteiger partial charge in [0.1, 0.15) is 0 Å². The van der Waals surface area contributed by atoms with E-state index < -0.39 is 12.4 Å². The van der Waals surface area contributed by atoms with Gasteiger partial charge in [-0.2, -0.15) is 4.39 Å². The summed E-state index contributed by atoms with van der Waals surface area (Å²) >= 11 is 3.02. The van der Waals surface area contributed by atoms with Crippen molar-refractivity contribution in [3.8, 4) is 0 Å². The van der Waals surface area contributed by atoms with Crippen LogP contribution < -0.4 is 0 Å². The summed E-state index contributed by atoms with van der Waals surface area (Å²) in [6.45, 7) is 1.37. The monoisotopic (exact) mass is 253 g/mol. The molecule has 0 aromatic carbocycles. The molecule has 0 unspecified atom stereocenters. The van der Waals surface area contributed by atoms with E-state index in [0.29, 0.717) is 0 Å². The largest absolute Gasteiger partial charge is 0.265 e. The van der Waals surface area contributed by atoms with E-state index in [-0.39, 0.29) is 22.2 Å². The van der Waals surface area contributed by atoms with Gasteiger partial charge in [-0.25, -0.2) is 13.8 Å². The Morgan fingerprint density at radius 3 is 2.62 bits per heavy atom. The van der Waals surface area contributed by atoms with Crippen LogP contribution in [0.1, 0.15) is 23.2 Å². The molecule has 0 aliphatic rings. The minimum atomic E-state index is -2.61. The topological polar surface area (TPSA) is 12.9 Å². The Morgan fingerprint density at radius 1 is 1.54 bits per heavy atom. The summed E-state index contributed by atoms with van der Waals surface area (Å²) in [5, 5.41) is 0.201. The SMILES string of the molecule is Cc1nc(F)cc(CBr)c1C(F)F. The van der Waals surface area contributed by atoms with Crippen LogP contribution in [0.25, 0.3) is 0 Å². The van der Waals surface area contributed by atoms with Gasteiger partial charge >= 0.3 is 0 Å². The fraction of sp³-hybridized carbons (Fsp3) is 0.375. The second kappa shape index (κ2) is 4.09. The molecule has 5 heteroatoms. The fourth-order valence-corrected chi connectivity index (χ4v) is 1.58. The van der Waals surface area contributed by atoms with Crippen molar-refractivity contribution in [2.75, 3.05) is 0 Å². The Balaban J connectivity index is 3.30. The molecule has 1 aromatic rings. The molecule has 0 radical (unpaired) electrons. The maximum Gasteiger partial charge on any atom is 0.265 e. The Kier molecular flexibility index (Phi) is 3.30. The third kappa shape index (κ3) is 2.21. The molecule has 0 bridgehead atoms. The van der Waals surface area contributed by atoms with E-state index in [1.807, 2.05) is 0 Å². The zero-order chi connectivity index (χ0) is 10.0. The van der Waals surface area contributed by atoms with Gasteiger partial charge in [-0.15, -0.1) is 0 Å². The van der Waals surface area contributed by atoms with E-state index in [4.69, 9.17) is 0 Å². The first-order valence-electron chi connectivity index (χ1n) is 3.56. The van der Waals surface area contributed by atoms with Gasteiger partial charge < -0.3 is 0 Å². The van der Waals surface area contributed by atoms with Gasteiger partial charge in [0.2, 0.25) is 5.95 Å². The first-order chi connectivity index (χ1) is 6.06. The number of rotatable bonds is 2. The Bertz CT molecular complexity index is 315. The summed E-state index contributed by atoms with van der Waals surface area (Å²) in [5.41, 5.74) is 0.114. The summed E-state index contributed by atoms with van der Waals surface area (Å²) in [7, 11) is 0. The molecule has 0 aliphatic heterocycles. The van der Waals surface area contributed by atoms with Crippen LogP contribution in [-0.4, -0.2) is 4.98 Å². The highest BCUT2D eigenvalue weighted by molar-refractivity contribution is 9.08. The van der Waals surface area contributed by atoms with Gasteiger partial charge in [0.05, 0.1) is 0 Å². The predicted molar refractivity (Wildman–Crippen MR) is 46.5 cm³/mol. The molecule has 0 spiro atoms. The molecular formula is C8H7BrF3N. The first-order valence-corrected chi connectivity index (χ1v) is 4.68. The standard InChI is InChI=1S/C8H7BrF3N/c1-4-7(8(11)12)5(3-9)2-6(10)13-4/h2,8H,3H2,1H3. The summed E-state index contributed by atoms with van der Waals surface area (Å²) < 4.78 is 37.5. The van der Waals surface area contributed by atoms with Crippen molar-refractivity contribution in [2.24, 2.45) is 0 Å². The van der Waals surface area contributed by atoms with Crippen LogP contribution >= 0.6 is 15.9 Å². The average Bonchev–Trinajstić information content (AvgIpc) is 2.01. The van der Waals surface area contributed by atoms with E-state index >= 15 is 0 Å². The zero-order valence-corrected chi connectivity index (χ0v) is 8.41. The molecule has 0 amide bonds. The molecule has 1 aromatic heterocycles. The third-order valence-corrected chi connectivity index (χ3v) is 2.27. The van der Waals surface area contributed by atoms with Crippen molar-refractivity contribution >= 4 is 15.9 Å². The lowest BCUT2D eigenvalue weighted by atomic mass is 10.1. The van der Waals surface area contributed by atoms with Crippen molar-refractivity contribution in [3.05, 3.63) is 28.8 Å². The number of hydrogen-bond acceptors (Lipinski definition) is 1. The normalized spacial score (nSPS) is 10.9. The third-order valence-electron chi connectivity index (χ3n) is 1.67. The van der Waals surface area contributed by atoms with Crippen LogP contribution in [0.4, 0.5) is 13.2 Å². The van der Waals surface area contributed by atoms with Crippen LogP contribution in [-0.2, 0) is 5.33 Å². The van der Waals surface area contributed by atoms with E-state index in [1.165, 1.54) is 6.92 Å².